The average molecular weight is 276 g/mol. The first kappa shape index (κ1) is 14.8. The molecule has 1 aromatic carbocycles. The zero-order valence-electron chi connectivity index (χ0n) is 10.3. The summed E-state index contributed by atoms with van der Waals surface area (Å²) in [6.45, 7) is 6.50. The largest absolute Gasteiger partial charge is 0.204 e. The molecule has 0 N–H and O–H groups in total. The van der Waals surface area contributed by atoms with Crippen molar-refractivity contribution in [3.05, 3.63) is 29.8 Å². The number of thioether (sulfide) groups is 1. The van der Waals surface area contributed by atoms with Gasteiger partial charge in [-0.3, -0.25) is 0 Å². The fraction of sp³-hybridized carbons (Fsp3) is 0.538. The highest BCUT2D eigenvalue weighted by Gasteiger charge is 2.23. The molecule has 0 spiro atoms. The Morgan fingerprint density at radius 1 is 1.24 bits per heavy atom. The van der Waals surface area contributed by atoms with Crippen LogP contribution in [-0.2, 0) is 0 Å². The molecule has 17 heavy (non-hydrogen) atoms. The normalized spacial score (nSPS) is 13.8. The Hall–Kier alpha value is -0.220. The molecule has 1 unspecified atom stereocenters. The van der Waals surface area contributed by atoms with E-state index in [1.54, 1.807) is 17.8 Å². The van der Waals surface area contributed by atoms with E-state index in [4.69, 9.17) is 0 Å². The number of rotatable bonds is 4. The lowest BCUT2D eigenvalue weighted by molar-refractivity contribution is 0.294. The minimum absolute atomic E-state index is 0.174. The van der Waals surface area contributed by atoms with E-state index in [1.807, 2.05) is 0 Å². The third-order valence-corrected chi connectivity index (χ3v) is 4.38. The van der Waals surface area contributed by atoms with E-state index in [1.165, 1.54) is 12.1 Å². The zero-order valence-corrected chi connectivity index (χ0v) is 12.0. The van der Waals surface area contributed by atoms with E-state index in [2.05, 4.69) is 33.4 Å². The van der Waals surface area contributed by atoms with Crippen LogP contribution in [0, 0.1) is 23.0 Å². The van der Waals surface area contributed by atoms with Crippen LogP contribution in [-0.4, -0.2) is 11.5 Å². The number of halogens is 2. The summed E-state index contributed by atoms with van der Waals surface area (Å²) >= 11 is 5.89. The molecule has 96 valence electrons. The zero-order chi connectivity index (χ0) is 13.1. The summed E-state index contributed by atoms with van der Waals surface area (Å²) in [5.41, 5.74) is 0.174. The molecular weight excluding hydrogens is 258 g/mol. The van der Waals surface area contributed by atoms with Crippen molar-refractivity contribution in [2.45, 2.75) is 25.7 Å². The molecule has 0 saturated carbocycles. The van der Waals surface area contributed by atoms with E-state index < -0.39 is 11.6 Å². The minimum Gasteiger partial charge on any atom is -0.204 e. The first-order chi connectivity index (χ1) is 7.84. The molecule has 1 aromatic rings. The van der Waals surface area contributed by atoms with Crippen molar-refractivity contribution < 1.29 is 8.78 Å². The molecule has 0 aliphatic rings. The molecular formula is C13H18F2S2. The summed E-state index contributed by atoms with van der Waals surface area (Å²) in [4.78, 5) is 0.764. The SMILES string of the molecule is CC(C)(C)C(CS)CSc1ccc(F)c(F)c1. The number of hydrogen-bond acceptors (Lipinski definition) is 2. The molecule has 0 saturated heterocycles. The highest BCUT2D eigenvalue weighted by Crippen LogP contribution is 2.32. The quantitative estimate of drug-likeness (QED) is 0.617. The maximum Gasteiger partial charge on any atom is 0.159 e. The summed E-state index contributed by atoms with van der Waals surface area (Å²) in [5, 5.41) is 0. The van der Waals surface area contributed by atoms with Crippen molar-refractivity contribution in [1.82, 2.24) is 0 Å². The first-order valence-corrected chi connectivity index (χ1v) is 7.15. The molecule has 0 radical (unpaired) electrons. The molecule has 0 aromatic heterocycles. The van der Waals surface area contributed by atoms with Gasteiger partial charge in [0.2, 0.25) is 0 Å². The van der Waals surface area contributed by atoms with Gasteiger partial charge in [0.05, 0.1) is 0 Å². The Morgan fingerprint density at radius 3 is 2.35 bits per heavy atom. The predicted molar refractivity (Wildman–Crippen MR) is 73.9 cm³/mol. The Balaban J connectivity index is 2.63. The fourth-order valence-corrected chi connectivity index (χ4v) is 3.55. The van der Waals surface area contributed by atoms with Gasteiger partial charge >= 0.3 is 0 Å². The molecule has 1 atom stereocenters. The van der Waals surface area contributed by atoms with Gasteiger partial charge in [-0.1, -0.05) is 20.8 Å². The highest BCUT2D eigenvalue weighted by molar-refractivity contribution is 7.99. The minimum atomic E-state index is -0.795. The molecule has 0 fully saturated rings. The number of thiol groups is 1. The van der Waals surface area contributed by atoms with Gasteiger partial charge in [0.25, 0.3) is 0 Å². The van der Waals surface area contributed by atoms with Gasteiger partial charge in [0.1, 0.15) is 0 Å². The second kappa shape index (κ2) is 6.10. The van der Waals surface area contributed by atoms with Gasteiger partial charge < -0.3 is 0 Å². The van der Waals surface area contributed by atoms with E-state index in [0.29, 0.717) is 5.92 Å². The smallest absolute Gasteiger partial charge is 0.159 e. The lowest BCUT2D eigenvalue weighted by atomic mass is 9.83. The first-order valence-electron chi connectivity index (χ1n) is 5.53. The third-order valence-electron chi connectivity index (χ3n) is 2.79. The van der Waals surface area contributed by atoms with Crippen molar-refractivity contribution in [2.75, 3.05) is 11.5 Å². The molecule has 0 aliphatic carbocycles. The molecule has 0 bridgehead atoms. The summed E-state index contributed by atoms with van der Waals surface area (Å²) in [7, 11) is 0. The number of hydrogen-bond donors (Lipinski definition) is 1. The van der Waals surface area contributed by atoms with Crippen LogP contribution in [0.4, 0.5) is 8.78 Å². The van der Waals surface area contributed by atoms with Crippen LogP contribution in [0.3, 0.4) is 0 Å². The van der Waals surface area contributed by atoms with Crippen molar-refractivity contribution in [1.29, 1.82) is 0 Å². The van der Waals surface area contributed by atoms with Crippen LogP contribution < -0.4 is 0 Å². The van der Waals surface area contributed by atoms with Crippen LogP contribution in [0.5, 0.6) is 0 Å². The van der Waals surface area contributed by atoms with Crippen molar-refractivity contribution in [3.8, 4) is 0 Å². The Labute approximate surface area is 112 Å². The van der Waals surface area contributed by atoms with Gasteiger partial charge in [-0.25, -0.2) is 8.78 Å². The average Bonchev–Trinajstić information content (AvgIpc) is 2.22. The summed E-state index contributed by atoms with van der Waals surface area (Å²) in [5.74, 6) is 0.506. The molecule has 0 nitrogen and oxygen atoms in total. The van der Waals surface area contributed by atoms with E-state index >= 15 is 0 Å². The van der Waals surface area contributed by atoms with Crippen molar-refractivity contribution >= 4 is 24.4 Å². The Morgan fingerprint density at radius 2 is 1.88 bits per heavy atom. The molecule has 0 heterocycles. The molecule has 0 amide bonds. The van der Waals surface area contributed by atoms with Crippen molar-refractivity contribution in [3.63, 3.8) is 0 Å². The standard InChI is InChI=1S/C13H18F2S2/c1-13(2,3)9(7-16)8-17-10-4-5-11(14)12(15)6-10/h4-6,9,16H,7-8H2,1-3H3. The Bertz CT molecular complexity index is 372. The fourth-order valence-electron chi connectivity index (χ4n) is 1.34. The molecule has 0 aliphatic heterocycles. The molecule has 4 heteroatoms. The number of benzene rings is 1. The van der Waals surface area contributed by atoms with Crippen LogP contribution in [0.15, 0.2) is 23.1 Å². The van der Waals surface area contributed by atoms with Crippen LogP contribution in [0.1, 0.15) is 20.8 Å². The van der Waals surface area contributed by atoms with Gasteiger partial charge in [-0.05, 0) is 35.3 Å². The second-order valence-corrected chi connectivity index (χ2v) is 6.59. The summed E-state index contributed by atoms with van der Waals surface area (Å²) in [6.07, 6.45) is 0. The van der Waals surface area contributed by atoms with Crippen LogP contribution >= 0.6 is 24.4 Å². The monoisotopic (exact) mass is 276 g/mol. The van der Waals surface area contributed by atoms with E-state index in [-0.39, 0.29) is 5.41 Å². The maximum absolute atomic E-state index is 13.0. The van der Waals surface area contributed by atoms with Gasteiger partial charge in [-0.15, -0.1) is 11.8 Å². The highest BCUT2D eigenvalue weighted by atomic mass is 32.2. The van der Waals surface area contributed by atoms with E-state index in [9.17, 15) is 8.78 Å². The third kappa shape index (κ3) is 4.51. The lowest BCUT2D eigenvalue weighted by Crippen LogP contribution is -2.24. The van der Waals surface area contributed by atoms with Crippen LogP contribution in [0.25, 0.3) is 0 Å². The van der Waals surface area contributed by atoms with Crippen LogP contribution in [0.2, 0.25) is 0 Å². The maximum atomic E-state index is 13.0. The Kier molecular flexibility index (Phi) is 5.32. The second-order valence-electron chi connectivity index (χ2n) is 5.13. The summed E-state index contributed by atoms with van der Waals surface area (Å²) in [6, 6.07) is 4.03. The van der Waals surface area contributed by atoms with Crippen molar-refractivity contribution in [2.24, 2.45) is 11.3 Å². The predicted octanol–water partition coefficient (Wildman–Crippen LogP) is 4.65. The topological polar surface area (TPSA) is 0 Å². The van der Waals surface area contributed by atoms with E-state index in [0.717, 1.165) is 16.4 Å². The molecule has 1 rings (SSSR count). The van der Waals surface area contributed by atoms with Gasteiger partial charge in [-0.2, -0.15) is 12.6 Å². The summed E-state index contributed by atoms with van der Waals surface area (Å²) < 4.78 is 25.8. The lowest BCUT2D eigenvalue weighted by Gasteiger charge is -2.29. The van der Waals surface area contributed by atoms with Gasteiger partial charge in [0.15, 0.2) is 11.6 Å². The van der Waals surface area contributed by atoms with Gasteiger partial charge in [0, 0.05) is 10.6 Å².